The first kappa shape index (κ1) is 18.9. The van der Waals surface area contributed by atoms with E-state index in [0.717, 1.165) is 19.8 Å². The Labute approximate surface area is 121 Å². The number of hydrogen-bond donors (Lipinski definition) is 1. The minimum absolute atomic E-state index is 0.518. The highest BCUT2D eigenvalue weighted by Gasteiger charge is 2.11. The van der Waals surface area contributed by atoms with E-state index in [4.69, 9.17) is 4.74 Å². The van der Waals surface area contributed by atoms with Crippen LogP contribution in [0.5, 0.6) is 0 Å². The molecule has 0 saturated carbocycles. The van der Waals surface area contributed by atoms with Crippen molar-refractivity contribution in [2.45, 2.75) is 85.1 Å². The Morgan fingerprint density at radius 2 is 1.42 bits per heavy atom. The van der Waals surface area contributed by atoms with Crippen LogP contribution in [0.4, 0.5) is 0 Å². The number of hydrogen-bond acceptors (Lipinski definition) is 2. The predicted molar refractivity (Wildman–Crippen MR) is 85.7 cm³/mol. The quantitative estimate of drug-likeness (QED) is 0.459. The predicted octanol–water partition coefficient (Wildman–Crippen LogP) is 4.78. The van der Waals surface area contributed by atoms with Crippen LogP contribution in [0.15, 0.2) is 0 Å². The van der Waals surface area contributed by atoms with E-state index in [-0.39, 0.29) is 0 Å². The lowest BCUT2D eigenvalue weighted by Gasteiger charge is -2.22. The highest BCUT2D eigenvalue weighted by molar-refractivity contribution is 4.69. The van der Waals surface area contributed by atoms with Crippen molar-refractivity contribution in [2.75, 3.05) is 19.8 Å². The standard InChI is InChI=1S/C17H37NO/c1-5-7-8-9-10-11-12-13-14-18-17(16(3)4)15-19-6-2/h16-18H,5-15H2,1-4H3. The van der Waals surface area contributed by atoms with E-state index in [1.54, 1.807) is 0 Å². The van der Waals surface area contributed by atoms with Crippen LogP contribution in [0, 0.1) is 5.92 Å². The normalized spacial score (nSPS) is 13.1. The molecular weight excluding hydrogens is 234 g/mol. The second-order valence-electron chi connectivity index (χ2n) is 5.94. The van der Waals surface area contributed by atoms with Gasteiger partial charge in [-0.25, -0.2) is 0 Å². The molecule has 0 aromatic carbocycles. The summed E-state index contributed by atoms with van der Waals surface area (Å²) in [5.41, 5.74) is 0. The van der Waals surface area contributed by atoms with Crippen molar-refractivity contribution >= 4 is 0 Å². The number of rotatable bonds is 14. The highest BCUT2D eigenvalue weighted by atomic mass is 16.5. The van der Waals surface area contributed by atoms with Crippen LogP contribution < -0.4 is 5.32 Å². The van der Waals surface area contributed by atoms with Crippen molar-refractivity contribution in [1.82, 2.24) is 5.32 Å². The third kappa shape index (κ3) is 12.7. The van der Waals surface area contributed by atoms with Crippen LogP contribution in [-0.4, -0.2) is 25.8 Å². The third-order valence-corrected chi connectivity index (χ3v) is 3.74. The summed E-state index contributed by atoms with van der Waals surface area (Å²) in [5.74, 6) is 0.653. The summed E-state index contributed by atoms with van der Waals surface area (Å²) in [5, 5.41) is 3.64. The summed E-state index contributed by atoms with van der Waals surface area (Å²) in [6.07, 6.45) is 11.1. The van der Waals surface area contributed by atoms with E-state index in [1.807, 2.05) is 0 Å². The zero-order valence-corrected chi connectivity index (χ0v) is 13.8. The molecule has 0 saturated heterocycles. The van der Waals surface area contributed by atoms with Gasteiger partial charge in [-0.1, -0.05) is 65.7 Å². The molecule has 0 spiro atoms. The Hall–Kier alpha value is -0.0800. The van der Waals surface area contributed by atoms with Crippen molar-refractivity contribution in [1.29, 1.82) is 0 Å². The number of unbranched alkanes of at least 4 members (excludes halogenated alkanes) is 7. The van der Waals surface area contributed by atoms with Gasteiger partial charge in [0.2, 0.25) is 0 Å². The van der Waals surface area contributed by atoms with E-state index in [0.29, 0.717) is 12.0 Å². The Balaban J connectivity index is 3.34. The lowest BCUT2D eigenvalue weighted by molar-refractivity contribution is 0.108. The van der Waals surface area contributed by atoms with Crippen LogP contribution in [-0.2, 0) is 4.74 Å². The zero-order valence-electron chi connectivity index (χ0n) is 13.8. The molecule has 0 bridgehead atoms. The van der Waals surface area contributed by atoms with Gasteiger partial charge in [0.1, 0.15) is 0 Å². The molecule has 0 aromatic heterocycles. The van der Waals surface area contributed by atoms with Crippen molar-refractivity contribution in [3.05, 3.63) is 0 Å². The van der Waals surface area contributed by atoms with Gasteiger partial charge in [-0.15, -0.1) is 0 Å². The summed E-state index contributed by atoms with van der Waals surface area (Å²) in [7, 11) is 0. The van der Waals surface area contributed by atoms with E-state index in [1.165, 1.54) is 51.4 Å². The first-order valence-electron chi connectivity index (χ1n) is 8.53. The topological polar surface area (TPSA) is 21.3 Å². The average Bonchev–Trinajstić information content (AvgIpc) is 2.39. The van der Waals surface area contributed by atoms with Crippen molar-refractivity contribution in [3.63, 3.8) is 0 Å². The van der Waals surface area contributed by atoms with Gasteiger partial charge in [0.05, 0.1) is 6.61 Å². The minimum Gasteiger partial charge on any atom is -0.380 e. The maximum atomic E-state index is 5.53. The van der Waals surface area contributed by atoms with Gasteiger partial charge in [0.25, 0.3) is 0 Å². The molecule has 0 aliphatic carbocycles. The Bertz CT molecular complexity index is 171. The summed E-state index contributed by atoms with van der Waals surface area (Å²) >= 11 is 0. The van der Waals surface area contributed by atoms with Gasteiger partial charge in [-0.2, -0.15) is 0 Å². The van der Waals surface area contributed by atoms with Gasteiger partial charge in [0.15, 0.2) is 0 Å². The smallest absolute Gasteiger partial charge is 0.0621 e. The molecule has 0 rings (SSSR count). The first-order chi connectivity index (χ1) is 9.22. The lowest BCUT2D eigenvalue weighted by atomic mass is 10.0. The fraction of sp³-hybridized carbons (Fsp3) is 1.00. The second-order valence-corrected chi connectivity index (χ2v) is 5.94. The molecule has 0 aliphatic heterocycles. The lowest BCUT2D eigenvalue weighted by Crippen LogP contribution is -2.38. The zero-order chi connectivity index (χ0) is 14.3. The summed E-state index contributed by atoms with van der Waals surface area (Å²) in [4.78, 5) is 0. The minimum atomic E-state index is 0.518. The molecule has 0 amide bonds. The van der Waals surface area contributed by atoms with Gasteiger partial charge < -0.3 is 10.1 Å². The maximum Gasteiger partial charge on any atom is 0.0621 e. The summed E-state index contributed by atoms with van der Waals surface area (Å²) in [6.45, 7) is 11.7. The molecular formula is C17H37NO. The van der Waals surface area contributed by atoms with E-state index < -0.39 is 0 Å². The van der Waals surface area contributed by atoms with Gasteiger partial charge in [-0.05, 0) is 25.8 Å². The van der Waals surface area contributed by atoms with Crippen LogP contribution >= 0.6 is 0 Å². The van der Waals surface area contributed by atoms with Crippen molar-refractivity contribution in [3.8, 4) is 0 Å². The molecule has 0 heterocycles. The fourth-order valence-electron chi connectivity index (χ4n) is 2.28. The van der Waals surface area contributed by atoms with E-state index in [9.17, 15) is 0 Å². The van der Waals surface area contributed by atoms with Gasteiger partial charge in [-0.3, -0.25) is 0 Å². The Morgan fingerprint density at radius 3 is 1.95 bits per heavy atom. The molecule has 2 nitrogen and oxygen atoms in total. The molecule has 19 heavy (non-hydrogen) atoms. The summed E-state index contributed by atoms with van der Waals surface area (Å²) in [6, 6.07) is 0.518. The van der Waals surface area contributed by atoms with Crippen molar-refractivity contribution < 1.29 is 4.74 Å². The maximum absolute atomic E-state index is 5.53. The first-order valence-corrected chi connectivity index (χ1v) is 8.53. The third-order valence-electron chi connectivity index (χ3n) is 3.74. The van der Waals surface area contributed by atoms with Crippen LogP contribution in [0.25, 0.3) is 0 Å². The molecule has 0 radical (unpaired) electrons. The SMILES string of the molecule is CCCCCCCCCCNC(COCC)C(C)C. The number of nitrogens with one attached hydrogen (secondary N) is 1. The Morgan fingerprint density at radius 1 is 0.842 bits per heavy atom. The second kappa shape index (κ2) is 14.3. The van der Waals surface area contributed by atoms with E-state index in [2.05, 4.69) is 33.0 Å². The molecule has 0 fully saturated rings. The van der Waals surface area contributed by atoms with Crippen LogP contribution in [0.1, 0.15) is 79.1 Å². The molecule has 1 N–H and O–H groups in total. The van der Waals surface area contributed by atoms with Gasteiger partial charge in [0, 0.05) is 12.6 Å². The molecule has 0 aromatic rings. The highest BCUT2D eigenvalue weighted by Crippen LogP contribution is 2.08. The average molecular weight is 271 g/mol. The Kier molecular flexibility index (Phi) is 14.3. The molecule has 116 valence electrons. The summed E-state index contributed by atoms with van der Waals surface area (Å²) < 4.78 is 5.53. The molecule has 1 unspecified atom stereocenters. The van der Waals surface area contributed by atoms with E-state index >= 15 is 0 Å². The van der Waals surface area contributed by atoms with Crippen molar-refractivity contribution in [2.24, 2.45) is 5.92 Å². The van der Waals surface area contributed by atoms with Gasteiger partial charge >= 0.3 is 0 Å². The fourth-order valence-corrected chi connectivity index (χ4v) is 2.28. The monoisotopic (exact) mass is 271 g/mol. The molecule has 0 aliphatic rings. The molecule has 2 heteroatoms. The van der Waals surface area contributed by atoms with Crippen LogP contribution in [0.2, 0.25) is 0 Å². The number of ether oxygens (including phenoxy) is 1. The van der Waals surface area contributed by atoms with Crippen LogP contribution in [0.3, 0.4) is 0 Å². The molecule has 1 atom stereocenters. The largest absolute Gasteiger partial charge is 0.380 e.